The van der Waals surface area contributed by atoms with Gasteiger partial charge in [0.15, 0.2) is 0 Å². The first kappa shape index (κ1) is 19.2. The van der Waals surface area contributed by atoms with Gasteiger partial charge < -0.3 is 15.1 Å². The number of hydrogen-bond donors (Lipinski definition) is 1. The zero-order valence-electron chi connectivity index (χ0n) is 16.9. The van der Waals surface area contributed by atoms with Gasteiger partial charge in [-0.15, -0.1) is 0 Å². The number of likely N-dealkylation sites (N-methyl/N-ethyl adjacent to an activating group) is 1. The minimum atomic E-state index is -0.107. The van der Waals surface area contributed by atoms with Crippen molar-refractivity contribution in [1.82, 2.24) is 9.88 Å². The second-order valence-corrected chi connectivity index (χ2v) is 7.67. The van der Waals surface area contributed by atoms with E-state index in [1.807, 2.05) is 54.7 Å². The molecule has 2 heterocycles. The predicted molar refractivity (Wildman–Crippen MR) is 118 cm³/mol. The molecule has 1 unspecified atom stereocenters. The number of nitrogens with one attached hydrogen (secondary N) is 1. The predicted octanol–water partition coefficient (Wildman–Crippen LogP) is 4.14. The molecule has 1 N–H and O–H groups in total. The highest BCUT2D eigenvalue weighted by Gasteiger charge is 2.23. The highest BCUT2D eigenvalue weighted by molar-refractivity contribution is 6.04. The molecule has 0 aliphatic carbocycles. The van der Waals surface area contributed by atoms with Crippen molar-refractivity contribution in [3.8, 4) is 11.1 Å². The molecule has 1 aliphatic rings. The molecule has 4 rings (SSSR count). The molecular formula is C24H26N4O. The van der Waals surface area contributed by atoms with Crippen LogP contribution in [0, 0.1) is 0 Å². The lowest BCUT2D eigenvalue weighted by molar-refractivity contribution is 0.102. The van der Waals surface area contributed by atoms with E-state index in [-0.39, 0.29) is 5.91 Å². The van der Waals surface area contributed by atoms with Gasteiger partial charge in [0.2, 0.25) is 0 Å². The number of hydrogen-bond acceptors (Lipinski definition) is 4. The standard InChI is InChI=1S/C24H26N4O/c1-27(2)23-13-15-28(17-23)22-11-9-21(10-12-22)26-24(29)19-7-5-18(6-8-19)20-4-3-14-25-16-20/h3-12,14,16,23H,13,15,17H2,1-2H3,(H,26,29). The van der Waals surface area contributed by atoms with E-state index in [0.717, 1.165) is 29.9 Å². The third kappa shape index (κ3) is 4.46. The van der Waals surface area contributed by atoms with Crippen LogP contribution in [0.15, 0.2) is 73.1 Å². The summed E-state index contributed by atoms with van der Waals surface area (Å²) in [6.07, 6.45) is 4.75. The third-order valence-corrected chi connectivity index (χ3v) is 5.53. The minimum Gasteiger partial charge on any atom is -0.370 e. The molecule has 1 saturated heterocycles. The van der Waals surface area contributed by atoms with Crippen LogP contribution in [0.4, 0.5) is 11.4 Å². The Morgan fingerprint density at radius 3 is 2.41 bits per heavy atom. The van der Waals surface area contributed by atoms with Gasteiger partial charge in [-0.25, -0.2) is 0 Å². The van der Waals surface area contributed by atoms with Crippen LogP contribution < -0.4 is 10.2 Å². The Balaban J connectivity index is 1.38. The molecular weight excluding hydrogens is 360 g/mol. The summed E-state index contributed by atoms with van der Waals surface area (Å²) in [6, 6.07) is 20.2. The summed E-state index contributed by atoms with van der Waals surface area (Å²) < 4.78 is 0. The summed E-state index contributed by atoms with van der Waals surface area (Å²) >= 11 is 0. The van der Waals surface area contributed by atoms with Crippen LogP contribution in [0.25, 0.3) is 11.1 Å². The zero-order chi connectivity index (χ0) is 20.2. The van der Waals surface area contributed by atoms with Gasteiger partial charge in [-0.3, -0.25) is 9.78 Å². The normalized spacial score (nSPS) is 16.2. The Hall–Kier alpha value is -3.18. The Kier molecular flexibility index (Phi) is 5.58. The lowest BCUT2D eigenvalue weighted by Gasteiger charge is -2.22. The fourth-order valence-corrected chi connectivity index (χ4v) is 3.70. The van der Waals surface area contributed by atoms with Gasteiger partial charge in [-0.2, -0.15) is 0 Å². The van der Waals surface area contributed by atoms with Crippen molar-refractivity contribution >= 4 is 17.3 Å². The van der Waals surface area contributed by atoms with Crippen molar-refractivity contribution in [3.63, 3.8) is 0 Å². The van der Waals surface area contributed by atoms with Crippen LogP contribution >= 0.6 is 0 Å². The Morgan fingerprint density at radius 2 is 1.79 bits per heavy atom. The molecule has 29 heavy (non-hydrogen) atoms. The summed E-state index contributed by atoms with van der Waals surface area (Å²) in [5.41, 5.74) is 4.72. The van der Waals surface area contributed by atoms with E-state index in [9.17, 15) is 4.79 Å². The molecule has 2 aromatic carbocycles. The maximum absolute atomic E-state index is 12.6. The van der Waals surface area contributed by atoms with Crippen LogP contribution in [-0.4, -0.2) is 49.0 Å². The van der Waals surface area contributed by atoms with Gasteiger partial charge >= 0.3 is 0 Å². The van der Waals surface area contributed by atoms with Crippen LogP contribution in [0.1, 0.15) is 16.8 Å². The van der Waals surface area contributed by atoms with Crippen molar-refractivity contribution in [2.45, 2.75) is 12.5 Å². The van der Waals surface area contributed by atoms with E-state index >= 15 is 0 Å². The number of carbonyl (C=O) groups is 1. The molecule has 5 heteroatoms. The minimum absolute atomic E-state index is 0.107. The van der Waals surface area contributed by atoms with Gasteiger partial charge in [-0.05, 0) is 74.1 Å². The van der Waals surface area contributed by atoms with Crippen LogP contribution in [0.3, 0.4) is 0 Å². The number of benzene rings is 2. The Labute approximate surface area is 172 Å². The van der Waals surface area contributed by atoms with Gasteiger partial charge in [0.1, 0.15) is 0 Å². The molecule has 0 bridgehead atoms. The molecule has 1 fully saturated rings. The summed E-state index contributed by atoms with van der Waals surface area (Å²) in [4.78, 5) is 21.4. The van der Waals surface area contributed by atoms with Crippen LogP contribution in [-0.2, 0) is 0 Å². The quantitative estimate of drug-likeness (QED) is 0.716. The highest BCUT2D eigenvalue weighted by Crippen LogP contribution is 2.24. The van der Waals surface area contributed by atoms with Crippen molar-refractivity contribution in [1.29, 1.82) is 0 Å². The summed E-state index contributed by atoms with van der Waals surface area (Å²) in [5.74, 6) is -0.107. The largest absolute Gasteiger partial charge is 0.370 e. The molecule has 0 spiro atoms. The van der Waals surface area contributed by atoms with Gasteiger partial charge in [0, 0.05) is 48.5 Å². The van der Waals surface area contributed by atoms with E-state index in [0.29, 0.717) is 11.6 Å². The maximum Gasteiger partial charge on any atom is 0.255 e. The first-order valence-corrected chi connectivity index (χ1v) is 9.93. The van der Waals surface area contributed by atoms with Crippen molar-refractivity contribution in [3.05, 3.63) is 78.6 Å². The summed E-state index contributed by atoms with van der Waals surface area (Å²) in [6.45, 7) is 2.11. The fraction of sp³-hybridized carbons (Fsp3) is 0.250. The maximum atomic E-state index is 12.6. The molecule has 1 atom stereocenters. The lowest BCUT2D eigenvalue weighted by Crippen LogP contribution is -2.31. The summed E-state index contributed by atoms with van der Waals surface area (Å²) in [7, 11) is 4.27. The van der Waals surface area contributed by atoms with Crippen LogP contribution in [0.5, 0.6) is 0 Å². The highest BCUT2D eigenvalue weighted by atomic mass is 16.1. The molecule has 1 aliphatic heterocycles. The summed E-state index contributed by atoms with van der Waals surface area (Å²) in [5, 5.41) is 2.98. The Bertz CT molecular complexity index is 952. The number of pyridine rings is 1. The smallest absolute Gasteiger partial charge is 0.255 e. The van der Waals surface area contributed by atoms with Crippen LogP contribution in [0.2, 0.25) is 0 Å². The SMILES string of the molecule is CN(C)C1CCN(c2ccc(NC(=O)c3ccc(-c4cccnc4)cc3)cc2)C1. The molecule has 1 amide bonds. The number of nitrogens with zero attached hydrogens (tertiary/aromatic N) is 3. The third-order valence-electron chi connectivity index (χ3n) is 5.53. The second-order valence-electron chi connectivity index (χ2n) is 7.67. The number of aromatic nitrogens is 1. The van der Waals surface area contributed by atoms with Gasteiger partial charge in [0.05, 0.1) is 0 Å². The molecule has 0 saturated carbocycles. The Morgan fingerprint density at radius 1 is 1.03 bits per heavy atom. The monoisotopic (exact) mass is 386 g/mol. The number of anilines is 2. The average Bonchev–Trinajstić information content (AvgIpc) is 3.26. The topological polar surface area (TPSA) is 48.5 Å². The molecule has 3 aromatic rings. The van der Waals surface area contributed by atoms with Gasteiger partial charge in [0.25, 0.3) is 5.91 Å². The van der Waals surface area contributed by atoms with Crippen molar-refractivity contribution in [2.75, 3.05) is 37.4 Å². The average molecular weight is 386 g/mol. The molecule has 148 valence electrons. The number of amides is 1. The van der Waals surface area contributed by atoms with E-state index in [1.165, 1.54) is 12.1 Å². The van der Waals surface area contributed by atoms with E-state index in [2.05, 4.69) is 46.3 Å². The molecule has 0 radical (unpaired) electrons. The zero-order valence-corrected chi connectivity index (χ0v) is 16.9. The molecule has 5 nitrogen and oxygen atoms in total. The van der Waals surface area contributed by atoms with E-state index in [1.54, 1.807) is 6.20 Å². The second kappa shape index (κ2) is 8.45. The van der Waals surface area contributed by atoms with E-state index in [4.69, 9.17) is 0 Å². The lowest BCUT2D eigenvalue weighted by atomic mass is 10.1. The van der Waals surface area contributed by atoms with Crippen molar-refractivity contribution in [2.24, 2.45) is 0 Å². The number of carbonyl (C=O) groups excluding carboxylic acids is 1. The van der Waals surface area contributed by atoms with Gasteiger partial charge in [-0.1, -0.05) is 18.2 Å². The number of rotatable bonds is 5. The first-order chi connectivity index (χ1) is 14.1. The fourth-order valence-electron chi connectivity index (χ4n) is 3.70. The first-order valence-electron chi connectivity index (χ1n) is 9.93. The molecule has 1 aromatic heterocycles. The van der Waals surface area contributed by atoms with E-state index < -0.39 is 0 Å². The van der Waals surface area contributed by atoms with Crippen molar-refractivity contribution < 1.29 is 4.79 Å².